The average Bonchev–Trinajstić information content (AvgIpc) is 2.65. The second-order valence-corrected chi connectivity index (χ2v) is 5.96. The lowest BCUT2D eigenvalue weighted by molar-refractivity contribution is -0.152. The number of esters is 1. The van der Waals surface area contributed by atoms with Crippen molar-refractivity contribution in [3.8, 4) is 5.75 Å². The first-order valence-electron chi connectivity index (χ1n) is 8.51. The molecule has 0 unspecified atom stereocenters. The van der Waals surface area contributed by atoms with Crippen LogP contribution in [0.2, 0.25) is 0 Å². The number of hydrogen-bond donors (Lipinski definition) is 0. The fraction of sp³-hybridized carbons (Fsp3) is 0.238. The van der Waals surface area contributed by atoms with E-state index in [0.717, 1.165) is 17.4 Å². The molecule has 0 N–H and O–H groups in total. The fourth-order valence-corrected chi connectivity index (χ4v) is 2.63. The van der Waals surface area contributed by atoms with Gasteiger partial charge in [-0.1, -0.05) is 37.3 Å². The van der Waals surface area contributed by atoms with E-state index in [9.17, 15) is 9.59 Å². The highest BCUT2D eigenvalue weighted by Gasteiger charge is 2.17. The van der Waals surface area contributed by atoms with Crippen molar-refractivity contribution in [2.45, 2.75) is 33.0 Å². The Balaban J connectivity index is 1.72. The number of ether oxygens (including phenoxy) is 2. The molecule has 3 aromatic rings. The minimum Gasteiger partial charge on any atom is -0.479 e. The van der Waals surface area contributed by atoms with Gasteiger partial charge in [-0.25, -0.2) is 9.59 Å². The lowest BCUT2D eigenvalue weighted by Crippen LogP contribution is -2.26. The van der Waals surface area contributed by atoms with Gasteiger partial charge in [-0.05, 0) is 37.1 Å². The quantitative estimate of drug-likeness (QED) is 0.498. The summed E-state index contributed by atoms with van der Waals surface area (Å²) in [4.78, 5) is 24.0. The topological polar surface area (TPSA) is 65.7 Å². The van der Waals surface area contributed by atoms with E-state index in [1.54, 1.807) is 19.1 Å². The summed E-state index contributed by atoms with van der Waals surface area (Å²) < 4.78 is 16.1. The zero-order valence-electron chi connectivity index (χ0n) is 14.7. The summed E-state index contributed by atoms with van der Waals surface area (Å²) in [5.41, 5.74) is 1.71. The predicted molar refractivity (Wildman–Crippen MR) is 98.2 cm³/mol. The minimum absolute atomic E-state index is 0.0190. The summed E-state index contributed by atoms with van der Waals surface area (Å²) in [6.07, 6.45) is 0.0863. The Morgan fingerprint density at radius 3 is 2.62 bits per heavy atom. The summed E-state index contributed by atoms with van der Waals surface area (Å²) in [5.74, 6) is 0.0928. The van der Waals surface area contributed by atoms with Crippen molar-refractivity contribution in [2.24, 2.45) is 0 Å². The molecule has 134 valence electrons. The van der Waals surface area contributed by atoms with Crippen molar-refractivity contribution in [3.63, 3.8) is 0 Å². The SMILES string of the molecule is CCc1ccc2c(COC(=O)[C@@H](C)Oc3ccccc3)cc(=O)oc2c1. The van der Waals surface area contributed by atoms with Gasteiger partial charge in [-0.15, -0.1) is 0 Å². The fourth-order valence-electron chi connectivity index (χ4n) is 2.63. The second-order valence-electron chi connectivity index (χ2n) is 5.96. The summed E-state index contributed by atoms with van der Waals surface area (Å²) in [7, 11) is 0. The summed E-state index contributed by atoms with van der Waals surface area (Å²) in [6, 6.07) is 16.1. The second kappa shape index (κ2) is 7.87. The Labute approximate surface area is 151 Å². The normalized spacial score (nSPS) is 11.9. The lowest BCUT2D eigenvalue weighted by Gasteiger charge is -2.14. The molecular formula is C21H20O5. The Morgan fingerprint density at radius 2 is 1.88 bits per heavy atom. The van der Waals surface area contributed by atoms with Gasteiger partial charge in [0.15, 0.2) is 6.10 Å². The molecule has 5 nitrogen and oxygen atoms in total. The number of para-hydroxylation sites is 1. The van der Waals surface area contributed by atoms with Gasteiger partial charge in [0.1, 0.15) is 17.9 Å². The van der Waals surface area contributed by atoms with Crippen molar-refractivity contribution >= 4 is 16.9 Å². The highest BCUT2D eigenvalue weighted by Crippen LogP contribution is 2.20. The number of fused-ring (bicyclic) bond motifs is 1. The van der Waals surface area contributed by atoms with E-state index in [-0.39, 0.29) is 6.61 Å². The molecule has 2 aromatic carbocycles. The van der Waals surface area contributed by atoms with Crippen LogP contribution in [0.4, 0.5) is 0 Å². The monoisotopic (exact) mass is 352 g/mol. The minimum atomic E-state index is -0.754. The van der Waals surface area contributed by atoms with Crippen LogP contribution in [-0.2, 0) is 22.6 Å². The Hall–Kier alpha value is -3.08. The molecule has 0 saturated heterocycles. The molecular weight excluding hydrogens is 332 g/mol. The van der Waals surface area contributed by atoms with Gasteiger partial charge in [0.2, 0.25) is 0 Å². The molecule has 0 spiro atoms. The van der Waals surface area contributed by atoms with E-state index in [4.69, 9.17) is 13.9 Å². The molecule has 5 heteroatoms. The number of benzene rings is 2. The molecule has 0 aliphatic rings. The Bertz CT molecular complexity index is 959. The van der Waals surface area contributed by atoms with Crippen LogP contribution in [0, 0.1) is 0 Å². The smallest absolute Gasteiger partial charge is 0.347 e. The van der Waals surface area contributed by atoms with E-state index in [1.807, 2.05) is 43.3 Å². The van der Waals surface area contributed by atoms with Gasteiger partial charge >= 0.3 is 11.6 Å². The summed E-state index contributed by atoms with van der Waals surface area (Å²) >= 11 is 0. The van der Waals surface area contributed by atoms with Crippen molar-refractivity contribution in [3.05, 3.63) is 76.1 Å². The van der Waals surface area contributed by atoms with E-state index in [1.165, 1.54) is 6.07 Å². The zero-order chi connectivity index (χ0) is 18.5. The maximum absolute atomic E-state index is 12.2. The maximum atomic E-state index is 12.2. The van der Waals surface area contributed by atoms with E-state index < -0.39 is 17.7 Å². The molecule has 1 aromatic heterocycles. The number of rotatable bonds is 6. The maximum Gasteiger partial charge on any atom is 0.347 e. The van der Waals surface area contributed by atoms with E-state index >= 15 is 0 Å². The summed E-state index contributed by atoms with van der Waals surface area (Å²) in [5, 5.41) is 0.756. The molecule has 0 aliphatic carbocycles. The highest BCUT2D eigenvalue weighted by molar-refractivity contribution is 5.81. The van der Waals surface area contributed by atoms with Crippen molar-refractivity contribution < 1.29 is 18.7 Å². The van der Waals surface area contributed by atoms with E-state index in [0.29, 0.717) is 16.9 Å². The van der Waals surface area contributed by atoms with Crippen LogP contribution in [-0.4, -0.2) is 12.1 Å². The zero-order valence-corrected chi connectivity index (χ0v) is 14.7. The van der Waals surface area contributed by atoms with E-state index in [2.05, 4.69) is 0 Å². The van der Waals surface area contributed by atoms with Gasteiger partial charge in [-0.3, -0.25) is 0 Å². The molecule has 0 bridgehead atoms. The highest BCUT2D eigenvalue weighted by atomic mass is 16.6. The molecule has 0 fully saturated rings. The van der Waals surface area contributed by atoms with Crippen LogP contribution >= 0.6 is 0 Å². The standard InChI is InChI=1S/C21H20O5/c1-3-15-9-10-18-16(12-20(22)26-19(18)11-15)13-24-21(23)14(2)25-17-7-5-4-6-8-17/h4-12,14H,3,13H2,1-2H3/t14-/m1/s1. The average molecular weight is 352 g/mol. The van der Waals surface area contributed by atoms with Crippen molar-refractivity contribution in [1.29, 1.82) is 0 Å². The van der Waals surface area contributed by atoms with Gasteiger partial charge in [-0.2, -0.15) is 0 Å². The van der Waals surface area contributed by atoms with Crippen LogP contribution in [0.15, 0.2) is 63.8 Å². The number of carbonyl (C=O) groups excluding carboxylic acids is 1. The third kappa shape index (κ3) is 4.11. The van der Waals surface area contributed by atoms with Crippen molar-refractivity contribution in [1.82, 2.24) is 0 Å². The van der Waals surface area contributed by atoms with Crippen LogP contribution in [0.3, 0.4) is 0 Å². The number of aryl methyl sites for hydroxylation is 1. The molecule has 1 heterocycles. The first-order valence-corrected chi connectivity index (χ1v) is 8.51. The number of hydrogen-bond acceptors (Lipinski definition) is 5. The van der Waals surface area contributed by atoms with Crippen LogP contribution in [0.1, 0.15) is 25.0 Å². The third-order valence-corrected chi connectivity index (χ3v) is 4.06. The Kier molecular flexibility index (Phi) is 5.37. The van der Waals surface area contributed by atoms with Gasteiger partial charge in [0.25, 0.3) is 0 Å². The van der Waals surface area contributed by atoms with Crippen LogP contribution in [0.25, 0.3) is 11.0 Å². The first-order chi connectivity index (χ1) is 12.6. The first kappa shape index (κ1) is 17.7. The molecule has 26 heavy (non-hydrogen) atoms. The molecule has 1 atom stereocenters. The lowest BCUT2D eigenvalue weighted by atomic mass is 10.1. The Morgan fingerprint density at radius 1 is 1.12 bits per heavy atom. The predicted octanol–water partition coefficient (Wildman–Crippen LogP) is 3.87. The van der Waals surface area contributed by atoms with Crippen LogP contribution in [0.5, 0.6) is 5.75 Å². The molecule has 3 rings (SSSR count). The number of carbonyl (C=O) groups is 1. The van der Waals surface area contributed by atoms with Gasteiger partial charge in [0.05, 0.1) is 0 Å². The summed E-state index contributed by atoms with van der Waals surface area (Å²) in [6.45, 7) is 3.63. The molecule has 0 radical (unpaired) electrons. The van der Waals surface area contributed by atoms with Crippen molar-refractivity contribution in [2.75, 3.05) is 0 Å². The molecule has 0 aliphatic heterocycles. The molecule has 0 saturated carbocycles. The van der Waals surface area contributed by atoms with Crippen LogP contribution < -0.4 is 10.4 Å². The molecule has 0 amide bonds. The third-order valence-electron chi connectivity index (χ3n) is 4.06. The van der Waals surface area contributed by atoms with Gasteiger partial charge in [0, 0.05) is 17.0 Å². The largest absolute Gasteiger partial charge is 0.479 e. The van der Waals surface area contributed by atoms with Gasteiger partial charge < -0.3 is 13.9 Å².